The lowest BCUT2D eigenvalue weighted by atomic mass is 9.97. The smallest absolute Gasteiger partial charge is 0.313 e. The summed E-state index contributed by atoms with van der Waals surface area (Å²) in [5.74, 6) is -0.478. The van der Waals surface area contributed by atoms with Crippen molar-refractivity contribution >= 4 is 16.7 Å². The van der Waals surface area contributed by atoms with Crippen molar-refractivity contribution in [3.05, 3.63) is 83.9 Å². The number of ether oxygens (including phenoxy) is 2. The number of hydrogen-bond acceptors (Lipinski definition) is 6. The molecular formula is C23H21FN4O3. The van der Waals surface area contributed by atoms with E-state index in [-0.39, 0.29) is 12.4 Å². The summed E-state index contributed by atoms with van der Waals surface area (Å²) in [6, 6.07) is 17.4. The lowest BCUT2D eigenvalue weighted by Gasteiger charge is -2.21. The lowest BCUT2D eigenvalue weighted by Crippen LogP contribution is -2.21. The highest BCUT2D eigenvalue weighted by atomic mass is 19.1. The van der Waals surface area contributed by atoms with Crippen molar-refractivity contribution in [2.45, 2.75) is 25.5 Å². The summed E-state index contributed by atoms with van der Waals surface area (Å²) in [4.78, 5) is 13.0. The number of esters is 1. The van der Waals surface area contributed by atoms with Crippen LogP contribution in [0.1, 0.15) is 30.1 Å². The van der Waals surface area contributed by atoms with E-state index in [1.807, 2.05) is 36.4 Å². The highest BCUT2D eigenvalue weighted by molar-refractivity contribution is 5.86. The van der Waals surface area contributed by atoms with Gasteiger partial charge in [-0.15, -0.1) is 5.10 Å². The molecular weight excluding hydrogens is 399 g/mol. The van der Waals surface area contributed by atoms with Crippen LogP contribution in [0.25, 0.3) is 10.8 Å². The van der Waals surface area contributed by atoms with Crippen molar-refractivity contribution in [3.8, 4) is 5.75 Å². The van der Waals surface area contributed by atoms with Crippen molar-refractivity contribution in [2.75, 3.05) is 7.11 Å². The molecule has 0 bridgehead atoms. The van der Waals surface area contributed by atoms with Crippen molar-refractivity contribution in [1.29, 1.82) is 0 Å². The minimum atomic E-state index is -0.663. The molecule has 31 heavy (non-hydrogen) atoms. The van der Waals surface area contributed by atoms with Crippen LogP contribution in [0, 0.1) is 5.82 Å². The van der Waals surface area contributed by atoms with Crippen LogP contribution in [-0.2, 0) is 16.1 Å². The molecule has 0 amide bonds. The largest absolute Gasteiger partial charge is 0.497 e. The first kappa shape index (κ1) is 20.5. The Kier molecular flexibility index (Phi) is 5.88. The van der Waals surface area contributed by atoms with Gasteiger partial charge in [0.2, 0.25) is 0 Å². The van der Waals surface area contributed by atoms with Crippen LogP contribution >= 0.6 is 0 Å². The Labute approximate surface area is 178 Å². The summed E-state index contributed by atoms with van der Waals surface area (Å²) in [5.41, 5.74) is 1.49. The number of aromatic nitrogens is 4. The number of tetrazole rings is 1. The van der Waals surface area contributed by atoms with Crippen LogP contribution in [0.15, 0.2) is 67.0 Å². The molecule has 3 aromatic carbocycles. The van der Waals surface area contributed by atoms with Crippen LogP contribution in [0.2, 0.25) is 0 Å². The molecule has 0 aliphatic heterocycles. The first-order valence-corrected chi connectivity index (χ1v) is 9.78. The molecule has 0 saturated carbocycles. The molecule has 158 valence electrons. The number of nitrogens with zero attached hydrogens (tertiary/aromatic N) is 4. The zero-order valence-electron chi connectivity index (χ0n) is 17.1. The number of methoxy groups -OCH3 is 1. The normalized spacial score (nSPS) is 13.0. The van der Waals surface area contributed by atoms with Gasteiger partial charge in [-0.2, -0.15) is 0 Å². The summed E-state index contributed by atoms with van der Waals surface area (Å²) >= 11 is 0. The van der Waals surface area contributed by atoms with E-state index in [0.717, 1.165) is 22.1 Å². The minimum Gasteiger partial charge on any atom is -0.497 e. The van der Waals surface area contributed by atoms with Gasteiger partial charge in [0.25, 0.3) is 0 Å². The van der Waals surface area contributed by atoms with E-state index in [1.165, 1.54) is 23.1 Å². The molecule has 0 radical (unpaired) electrons. The second-order valence-corrected chi connectivity index (χ2v) is 7.20. The van der Waals surface area contributed by atoms with Gasteiger partial charge in [-0.1, -0.05) is 36.4 Å². The predicted molar refractivity (Wildman–Crippen MR) is 112 cm³/mol. The highest BCUT2D eigenvalue weighted by Crippen LogP contribution is 2.28. The van der Waals surface area contributed by atoms with Crippen LogP contribution in [0.3, 0.4) is 0 Å². The third kappa shape index (κ3) is 4.69. The molecule has 2 atom stereocenters. The number of fused-ring (bicyclic) bond motifs is 1. The van der Waals surface area contributed by atoms with Crippen LogP contribution in [-0.4, -0.2) is 33.3 Å². The maximum absolute atomic E-state index is 13.4. The summed E-state index contributed by atoms with van der Waals surface area (Å²) < 4.78 is 25.9. The number of hydrogen-bond donors (Lipinski definition) is 0. The van der Waals surface area contributed by atoms with Gasteiger partial charge in [0, 0.05) is 0 Å². The van der Waals surface area contributed by atoms with Crippen LogP contribution in [0.5, 0.6) is 5.75 Å². The molecule has 0 aliphatic carbocycles. The average Bonchev–Trinajstić information content (AvgIpc) is 3.31. The molecule has 4 rings (SSSR count). The monoisotopic (exact) mass is 420 g/mol. The molecule has 7 nitrogen and oxygen atoms in total. The molecule has 0 aliphatic rings. The van der Waals surface area contributed by atoms with E-state index in [1.54, 1.807) is 26.2 Å². The van der Waals surface area contributed by atoms with Gasteiger partial charge in [-0.05, 0) is 63.5 Å². The van der Waals surface area contributed by atoms with Gasteiger partial charge >= 0.3 is 5.97 Å². The zero-order chi connectivity index (χ0) is 21.8. The van der Waals surface area contributed by atoms with Gasteiger partial charge in [-0.3, -0.25) is 4.79 Å². The average molecular weight is 420 g/mol. The first-order valence-electron chi connectivity index (χ1n) is 9.78. The molecule has 0 spiro atoms. The van der Waals surface area contributed by atoms with Crippen molar-refractivity contribution in [3.63, 3.8) is 0 Å². The quantitative estimate of drug-likeness (QED) is 0.420. The Morgan fingerprint density at radius 3 is 2.45 bits per heavy atom. The predicted octanol–water partition coefficient (Wildman–Crippen LogP) is 4.06. The molecule has 8 heteroatoms. The van der Waals surface area contributed by atoms with Gasteiger partial charge in [0.15, 0.2) is 0 Å². The van der Waals surface area contributed by atoms with E-state index >= 15 is 0 Å². The maximum atomic E-state index is 13.4. The third-order valence-electron chi connectivity index (χ3n) is 5.17. The van der Waals surface area contributed by atoms with E-state index in [2.05, 4.69) is 15.5 Å². The number of rotatable bonds is 7. The van der Waals surface area contributed by atoms with E-state index < -0.39 is 18.0 Å². The van der Waals surface area contributed by atoms with Gasteiger partial charge in [0.1, 0.15) is 24.0 Å². The molecule has 1 heterocycles. The third-order valence-corrected chi connectivity index (χ3v) is 5.17. The van der Waals surface area contributed by atoms with Gasteiger partial charge < -0.3 is 9.47 Å². The second-order valence-electron chi connectivity index (χ2n) is 7.20. The zero-order valence-corrected chi connectivity index (χ0v) is 17.1. The summed E-state index contributed by atoms with van der Waals surface area (Å²) in [5, 5.41) is 13.1. The second kappa shape index (κ2) is 8.91. The molecule has 0 fully saturated rings. The fourth-order valence-electron chi connectivity index (χ4n) is 3.34. The Balaban J connectivity index is 1.55. The first-order chi connectivity index (χ1) is 15.0. The SMILES string of the molecule is COc1ccc2cc([C@H](C)C(=O)OC(Cn3cnnn3)c3ccc(F)cc3)ccc2c1. The van der Waals surface area contributed by atoms with Gasteiger partial charge in [-0.25, -0.2) is 9.07 Å². The van der Waals surface area contributed by atoms with Crippen LogP contribution in [0.4, 0.5) is 4.39 Å². The Morgan fingerprint density at radius 1 is 1.03 bits per heavy atom. The Morgan fingerprint density at radius 2 is 1.74 bits per heavy atom. The lowest BCUT2D eigenvalue weighted by molar-refractivity contribution is -0.151. The van der Waals surface area contributed by atoms with Crippen molar-refractivity contribution < 1.29 is 18.7 Å². The molecule has 0 saturated heterocycles. The fraction of sp³-hybridized carbons (Fsp3) is 0.217. The molecule has 4 aromatic rings. The van der Waals surface area contributed by atoms with Gasteiger partial charge in [0.05, 0.1) is 19.6 Å². The van der Waals surface area contributed by atoms with Crippen molar-refractivity contribution in [1.82, 2.24) is 20.2 Å². The molecule has 0 N–H and O–H groups in total. The summed E-state index contributed by atoms with van der Waals surface area (Å²) in [6.45, 7) is 2.01. The van der Waals surface area contributed by atoms with E-state index in [4.69, 9.17) is 9.47 Å². The number of carbonyl (C=O) groups excluding carboxylic acids is 1. The summed E-state index contributed by atoms with van der Waals surface area (Å²) in [7, 11) is 1.63. The number of halogens is 1. The number of benzene rings is 3. The Bertz CT molecular complexity index is 1180. The van der Waals surface area contributed by atoms with Crippen LogP contribution < -0.4 is 4.74 Å². The standard InChI is InChI=1S/C23H21FN4O3/c1-15(17-3-4-19-12-21(30-2)10-7-18(19)11-17)23(29)31-22(13-28-14-25-26-27-28)16-5-8-20(24)9-6-16/h3-12,14-15,22H,13H2,1-2H3/t15-,22?/m0/s1. The van der Waals surface area contributed by atoms with E-state index in [9.17, 15) is 9.18 Å². The van der Waals surface area contributed by atoms with Crippen molar-refractivity contribution in [2.24, 2.45) is 0 Å². The molecule has 1 aromatic heterocycles. The van der Waals surface area contributed by atoms with E-state index in [0.29, 0.717) is 5.56 Å². The highest BCUT2D eigenvalue weighted by Gasteiger charge is 2.24. The fourth-order valence-corrected chi connectivity index (χ4v) is 3.34. The maximum Gasteiger partial charge on any atom is 0.313 e. The summed E-state index contributed by atoms with van der Waals surface area (Å²) in [6.07, 6.45) is 0.773. The topological polar surface area (TPSA) is 79.1 Å². The minimum absolute atomic E-state index is 0.217. The number of carbonyl (C=O) groups is 1. The Hall–Kier alpha value is -3.81. The molecule has 1 unspecified atom stereocenters.